The van der Waals surface area contributed by atoms with Crippen LogP contribution >= 0.6 is 0 Å². The number of amides is 1. The summed E-state index contributed by atoms with van der Waals surface area (Å²) in [5.74, 6) is -0.722. The average molecular weight is 242 g/mol. The van der Waals surface area contributed by atoms with Gasteiger partial charge in [0.05, 0.1) is 10.9 Å². The van der Waals surface area contributed by atoms with E-state index < -0.39 is 22.0 Å². The predicted molar refractivity (Wildman–Crippen MR) is 60.2 cm³/mol. The average Bonchev–Trinajstić information content (AvgIpc) is 2.17. The van der Waals surface area contributed by atoms with Crippen molar-refractivity contribution < 1.29 is 13.2 Å². The van der Waals surface area contributed by atoms with Crippen LogP contribution in [-0.2, 0) is 14.8 Å². The molecule has 1 atom stereocenters. The number of aryl methyl sites for hydroxylation is 1. The van der Waals surface area contributed by atoms with Crippen LogP contribution in [0.15, 0.2) is 29.2 Å². The first-order valence-electron chi connectivity index (χ1n) is 4.72. The second-order valence-electron chi connectivity index (χ2n) is 3.57. The third-order valence-electron chi connectivity index (χ3n) is 1.98. The SMILES string of the molecule is Cc1ccc(S(=O)(=O)NC(=O)C(C)N)cc1. The quantitative estimate of drug-likeness (QED) is 0.789. The van der Waals surface area contributed by atoms with Gasteiger partial charge >= 0.3 is 0 Å². The molecule has 1 aromatic rings. The van der Waals surface area contributed by atoms with Crippen LogP contribution < -0.4 is 10.5 Å². The first-order valence-corrected chi connectivity index (χ1v) is 6.20. The van der Waals surface area contributed by atoms with E-state index in [0.717, 1.165) is 5.56 Å². The zero-order valence-electron chi connectivity index (χ0n) is 9.10. The molecule has 1 aromatic carbocycles. The van der Waals surface area contributed by atoms with Crippen molar-refractivity contribution in [1.82, 2.24) is 4.72 Å². The van der Waals surface area contributed by atoms with E-state index in [1.165, 1.54) is 19.1 Å². The summed E-state index contributed by atoms with van der Waals surface area (Å²) in [5.41, 5.74) is 6.21. The van der Waals surface area contributed by atoms with Gasteiger partial charge in [0.1, 0.15) is 0 Å². The summed E-state index contributed by atoms with van der Waals surface area (Å²) in [6.07, 6.45) is 0. The van der Waals surface area contributed by atoms with E-state index in [1.54, 1.807) is 12.1 Å². The number of nitrogens with one attached hydrogen (secondary N) is 1. The molecule has 6 heteroatoms. The molecule has 0 spiro atoms. The van der Waals surface area contributed by atoms with E-state index in [2.05, 4.69) is 0 Å². The summed E-state index contributed by atoms with van der Waals surface area (Å²) in [7, 11) is -3.80. The van der Waals surface area contributed by atoms with Crippen LogP contribution in [0.2, 0.25) is 0 Å². The summed E-state index contributed by atoms with van der Waals surface area (Å²) >= 11 is 0. The fraction of sp³-hybridized carbons (Fsp3) is 0.300. The van der Waals surface area contributed by atoms with Crippen molar-refractivity contribution >= 4 is 15.9 Å². The van der Waals surface area contributed by atoms with Gasteiger partial charge in [-0.3, -0.25) is 4.79 Å². The van der Waals surface area contributed by atoms with Crippen LogP contribution in [-0.4, -0.2) is 20.4 Å². The molecule has 1 unspecified atom stereocenters. The Morgan fingerprint density at radius 2 is 1.81 bits per heavy atom. The number of sulfonamides is 1. The standard InChI is InChI=1S/C10H14N2O3S/c1-7-3-5-9(6-4-7)16(14,15)12-10(13)8(2)11/h3-6,8H,11H2,1-2H3,(H,12,13). The molecule has 5 nitrogen and oxygen atoms in total. The minimum Gasteiger partial charge on any atom is -0.320 e. The molecule has 0 saturated heterocycles. The number of hydrogen-bond acceptors (Lipinski definition) is 4. The van der Waals surface area contributed by atoms with Crippen molar-refractivity contribution in [2.45, 2.75) is 24.8 Å². The summed E-state index contributed by atoms with van der Waals surface area (Å²) in [4.78, 5) is 11.2. The summed E-state index contributed by atoms with van der Waals surface area (Å²) < 4.78 is 25.2. The highest BCUT2D eigenvalue weighted by Gasteiger charge is 2.19. The van der Waals surface area contributed by atoms with E-state index in [1.807, 2.05) is 11.6 Å². The molecule has 0 aliphatic carbocycles. The van der Waals surface area contributed by atoms with Gasteiger partial charge in [-0.1, -0.05) is 17.7 Å². The Hall–Kier alpha value is -1.40. The van der Waals surface area contributed by atoms with Crippen LogP contribution in [0.1, 0.15) is 12.5 Å². The normalized spacial score (nSPS) is 13.2. The lowest BCUT2D eigenvalue weighted by atomic mass is 10.2. The van der Waals surface area contributed by atoms with E-state index in [-0.39, 0.29) is 4.90 Å². The minimum absolute atomic E-state index is 0.0482. The van der Waals surface area contributed by atoms with E-state index >= 15 is 0 Å². The number of rotatable bonds is 3. The smallest absolute Gasteiger partial charge is 0.264 e. The fourth-order valence-electron chi connectivity index (χ4n) is 1.00. The van der Waals surface area contributed by atoms with Gasteiger partial charge < -0.3 is 5.73 Å². The van der Waals surface area contributed by atoms with Crippen molar-refractivity contribution in [2.75, 3.05) is 0 Å². The van der Waals surface area contributed by atoms with Crippen LogP contribution in [0.25, 0.3) is 0 Å². The van der Waals surface area contributed by atoms with Crippen LogP contribution in [0.3, 0.4) is 0 Å². The van der Waals surface area contributed by atoms with E-state index in [9.17, 15) is 13.2 Å². The van der Waals surface area contributed by atoms with E-state index in [4.69, 9.17) is 5.73 Å². The third-order valence-corrected chi connectivity index (χ3v) is 3.34. The molecule has 16 heavy (non-hydrogen) atoms. The molecular weight excluding hydrogens is 228 g/mol. The van der Waals surface area contributed by atoms with Gasteiger partial charge in [-0.25, -0.2) is 13.1 Å². The Bertz CT molecular complexity index is 477. The first kappa shape index (κ1) is 12.7. The monoisotopic (exact) mass is 242 g/mol. The fourth-order valence-corrected chi connectivity index (χ4v) is 2.06. The van der Waals surface area contributed by atoms with Gasteiger partial charge in [0, 0.05) is 0 Å². The zero-order valence-corrected chi connectivity index (χ0v) is 9.91. The second-order valence-corrected chi connectivity index (χ2v) is 5.25. The Morgan fingerprint density at radius 3 is 2.25 bits per heavy atom. The predicted octanol–water partition coefficient (Wildman–Crippen LogP) is 0.147. The van der Waals surface area contributed by atoms with E-state index in [0.29, 0.717) is 0 Å². The molecule has 0 saturated carbocycles. The Labute approximate surface area is 94.7 Å². The third kappa shape index (κ3) is 3.04. The van der Waals surface area contributed by atoms with Crippen LogP contribution in [0.5, 0.6) is 0 Å². The number of hydrogen-bond donors (Lipinski definition) is 2. The van der Waals surface area contributed by atoms with Gasteiger partial charge in [0.2, 0.25) is 5.91 Å². The largest absolute Gasteiger partial charge is 0.320 e. The van der Waals surface area contributed by atoms with Crippen molar-refractivity contribution in [3.05, 3.63) is 29.8 Å². The highest BCUT2D eigenvalue weighted by molar-refractivity contribution is 7.90. The Morgan fingerprint density at radius 1 is 1.31 bits per heavy atom. The second kappa shape index (κ2) is 4.63. The first-order chi connectivity index (χ1) is 7.33. The van der Waals surface area contributed by atoms with Crippen molar-refractivity contribution in [3.63, 3.8) is 0 Å². The Balaban J connectivity index is 2.95. The van der Waals surface area contributed by atoms with Gasteiger partial charge in [-0.05, 0) is 26.0 Å². The molecule has 0 radical (unpaired) electrons. The molecule has 0 aliphatic heterocycles. The minimum atomic E-state index is -3.80. The molecule has 1 rings (SSSR count). The van der Waals surface area contributed by atoms with Crippen LogP contribution in [0.4, 0.5) is 0 Å². The number of carbonyl (C=O) groups excluding carboxylic acids is 1. The molecule has 0 aliphatic rings. The molecular formula is C10H14N2O3S. The molecule has 0 bridgehead atoms. The molecule has 3 N–H and O–H groups in total. The van der Waals surface area contributed by atoms with Gasteiger partial charge in [0.25, 0.3) is 10.0 Å². The van der Waals surface area contributed by atoms with Crippen LogP contribution in [0, 0.1) is 6.92 Å². The highest BCUT2D eigenvalue weighted by Crippen LogP contribution is 2.09. The topological polar surface area (TPSA) is 89.3 Å². The lowest BCUT2D eigenvalue weighted by molar-refractivity contribution is -0.120. The molecule has 1 amide bonds. The maximum absolute atomic E-state index is 11.7. The zero-order chi connectivity index (χ0) is 12.3. The summed E-state index contributed by atoms with van der Waals surface area (Å²) in [6, 6.07) is 5.33. The molecule has 88 valence electrons. The molecule has 0 heterocycles. The van der Waals surface area contributed by atoms with Crippen molar-refractivity contribution in [3.8, 4) is 0 Å². The van der Waals surface area contributed by atoms with Gasteiger partial charge in [-0.2, -0.15) is 0 Å². The van der Waals surface area contributed by atoms with Gasteiger partial charge in [0.15, 0.2) is 0 Å². The van der Waals surface area contributed by atoms with Crippen molar-refractivity contribution in [2.24, 2.45) is 5.73 Å². The molecule has 0 fully saturated rings. The summed E-state index contributed by atoms with van der Waals surface area (Å²) in [6.45, 7) is 3.26. The Kier molecular flexibility index (Phi) is 3.66. The lowest BCUT2D eigenvalue weighted by Gasteiger charge is -2.08. The molecule has 0 aromatic heterocycles. The number of carbonyl (C=O) groups is 1. The number of benzene rings is 1. The van der Waals surface area contributed by atoms with Crippen molar-refractivity contribution in [1.29, 1.82) is 0 Å². The van der Waals surface area contributed by atoms with Gasteiger partial charge in [-0.15, -0.1) is 0 Å². The maximum Gasteiger partial charge on any atom is 0.264 e. The highest BCUT2D eigenvalue weighted by atomic mass is 32.2. The summed E-state index contributed by atoms with van der Waals surface area (Å²) in [5, 5.41) is 0. The maximum atomic E-state index is 11.7. The lowest BCUT2D eigenvalue weighted by Crippen LogP contribution is -2.41. The number of nitrogens with two attached hydrogens (primary N) is 1.